The van der Waals surface area contributed by atoms with Crippen molar-refractivity contribution in [1.82, 2.24) is 10.5 Å². The van der Waals surface area contributed by atoms with E-state index in [4.69, 9.17) is 9.26 Å². The number of benzene rings is 1. The first-order valence-electron chi connectivity index (χ1n) is 6.42. The van der Waals surface area contributed by atoms with Crippen LogP contribution < -0.4 is 5.32 Å². The lowest BCUT2D eigenvalue weighted by Gasteiger charge is -2.05. The zero-order chi connectivity index (χ0) is 13.7. The molecule has 0 aliphatic rings. The molecule has 1 heterocycles. The van der Waals surface area contributed by atoms with Crippen molar-refractivity contribution in [3.8, 4) is 11.3 Å². The molecule has 0 aliphatic carbocycles. The van der Waals surface area contributed by atoms with E-state index in [-0.39, 0.29) is 0 Å². The van der Waals surface area contributed by atoms with Gasteiger partial charge in [0.1, 0.15) is 0 Å². The zero-order valence-electron chi connectivity index (χ0n) is 11.7. The second-order valence-electron chi connectivity index (χ2n) is 4.73. The fourth-order valence-corrected chi connectivity index (χ4v) is 2.13. The summed E-state index contributed by atoms with van der Waals surface area (Å²) in [6, 6.07) is 6.38. The summed E-state index contributed by atoms with van der Waals surface area (Å²) in [5.74, 6) is 0.844. The van der Waals surface area contributed by atoms with Gasteiger partial charge >= 0.3 is 0 Å². The number of nitrogens with one attached hydrogen (secondary N) is 1. The van der Waals surface area contributed by atoms with Crippen molar-refractivity contribution in [3.63, 3.8) is 0 Å². The first-order valence-corrected chi connectivity index (χ1v) is 6.42. The van der Waals surface area contributed by atoms with Crippen molar-refractivity contribution in [3.05, 3.63) is 41.1 Å². The maximum atomic E-state index is 5.40. The van der Waals surface area contributed by atoms with E-state index in [2.05, 4.69) is 42.5 Å². The Hall–Kier alpha value is -1.65. The summed E-state index contributed by atoms with van der Waals surface area (Å²) >= 11 is 0. The molecule has 0 bridgehead atoms. The number of nitrogens with zero attached hydrogens (tertiary/aromatic N) is 1. The highest BCUT2D eigenvalue weighted by molar-refractivity contribution is 5.62. The second-order valence-corrected chi connectivity index (χ2v) is 4.73. The highest BCUT2D eigenvalue weighted by atomic mass is 16.5. The van der Waals surface area contributed by atoms with Gasteiger partial charge in [0.05, 0.1) is 12.8 Å². The van der Waals surface area contributed by atoms with Gasteiger partial charge in [0, 0.05) is 31.3 Å². The summed E-state index contributed by atoms with van der Waals surface area (Å²) < 4.78 is 10.4. The van der Waals surface area contributed by atoms with Gasteiger partial charge in [-0.3, -0.25) is 0 Å². The van der Waals surface area contributed by atoms with Crippen LogP contribution in [0, 0.1) is 13.8 Å². The minimum Gasteiger partial charge on any atom is -0.383 e. The Morgan fingerprint density at radius 1 is 1.21 bits per heavy atom. The van der Waals surface area contributed by atoms with E-state index >= 15 is 0 Å². The molecular formula is C15H20N2O2. The normalized spacial score (nSPS) is 10.9. The molecule has 0 radical (unpaired) electrons. The molecule has 1 aromatic carbocycles. The van der Waals surface area contributed by atoms with Gasteiger partial charge in [0.2, 0.25) is 0 Å². The van der Waals surface area contributed by atoms with Crippen LogP contribution in [0.2, 0.25) is 0 Å². The number of hydrogen-bond donors (Lipinski definition) is 1. The first kappa shape index (κ1) is 13.8. The molecule has 0 atom stereocenters. The van der Waals surface area contributed by atoms with E-state index < -0.39 is 0 Å². The molecule has 0 saturated heterocycles. The second kappa shape index (κ2) is 6.50. The van der Waals surface area contributed by atoms with Gasteiger partial charge in [-0.2, -0.15) is 0 Å². The molecule has 102 valence electrons. The third-order valence-electron chi connectivity index (χ3n) is 2.93. The molecule has 2 rings (SSSR count). The zero-order valence-corrected chi connectivity index (χ0v) is 11.7. The highest BCUT2D eigenvalue weighted by Gasteiger charge is 2.11. The number of methoxy groups -OCH3 is 1. The van der Waals surface area contributed by atoms with Crippen LogP contribution in [-0.4, -0.2) is 25.4 Å². The topological polar surface area (TPSA) is 47.3 Å². The van der Waals surface area contributed by atoms with Gasteiger partial charge in [-0.1, -0.05) is 22.3 Å². The molecule has 0 aliphatic heterocycles. The standard InChI is InChI=1S/C15H20N2O2/c1-11-6-12(2)8-13(7-11)15-14(10-17-19-15)9-16-4-5-18-3/h6-8,10,16H,4-5,9H2,1-3H3. The fourth-order valence-electron chi connectivity index (χ4n) is 2.13. The summed E-state index contributed by atoms with van der Waals surface area (Å²) in [7, 11) is 1.70. The van der Waals surface area contributed by atoms with Crippen LogP contribution in [0.25, 0.3) is 11.3 Å². The summed E-state index contributed by atoms with van der Waals surface area (Å²) in [4.78, 5) is 0. The van der Waals surface area contributed by atoms with Crippen molar-refractivity contribution in [1.29, 1.82) is 0 Å². The molecule has 4 nitrogen and oxygen atoms in total. The number of aryl methyl sites for hydroxylation is 2. The molecule has 1 aromatic heterocycles. The minimum atomic E-state index is 0.699. The molecular weight excluding hydrogens is 240 g/mol. The summed E-state index contributed by atoms with van der Waals surface area (Å²) in [5, 5.41) is 7.21. The van der Waals surface area contributed by atoms with Crippen molar-refractivity contribution >= 4 is 0 Å². The van der Waals surface area contributed by atoms with Gasteiger partial charge in [-0.05, 0) is 26.0 Å². The Labute approximate surface area is 113 Å². The molecule has 0 fully saturated rings. The Kier molecular flexibility index (Phi) is 4.71. The highest BCUT2D eigenvalue weighted by Crippen LogP contribution is 2.25. The van der Waals surface area contributed by atoms with Crippen molar-refractivity contribution in [2.45, 2.75) is 20.4 Å². The van der Waals surface area contributed by atoms with E-state index in [9.17, 15) is 0 Å². The van der Waals surface area contributed by atoms with Crippen LogP contribution >= 0.6 is 0 Å². The van der Waals surface area contributed by atoms with Crippen molar-refractivity contribution in [2.75, 3.05) is 20.3 Å². The molecule has 19 heavy (non-hydrogen) atoms. The maximum absolute atomic E-state index is 5.40. The average molecular weight is 260 g/mol. The van der Waals surface area contributed by atoms with E-state index in [1.165, 1.54) is 11.1 Å². The van der Waals surface area contributed by atoms with E-state index in [1.807, 2.05) is 0 Å². The predicted molar refractivity (Wildman–Crippen MR) is 75.0 cm³/mol. The Morgan fingerprint density at radius 3 is 2.63 bits per heavy atom. The van der Waals surface area contributed by atoms with Gasteiger partial charge in [0.15, 0.2) is 5.76 Å². The smallest absolute Gasteiger partial charge is 0.171 e. The molecule has 0 unspecified atom stereocenters. The number of rotatable bonds is 6. The quantitative estimate of drug-likeness (QED) is 0.811. The number of ether oxygens (including phenoxy) is 1. The largest absolute Gasteiger partial charge is 0.383 e. The summed E-state index contributed by atoms with van der Waals surface area (Å²) in [6.45, 7) is 6.42. The maximum Gasteiger partial charge on any atom is 0.171 e. The molecule has 0 spiro atoms. The molecule has 0 saturated carbocycles. The molecule has 4 heteroatoms. The lowest BCUT2D eigenvalue weighted by Crippen LogP contribution is -2.18. The Bertz CT molecular complexity index is 514. The van der Waals surface area contributed by atoms with E-state index in [1.54, 1.807) is 13.3 Å². The minimum absolute atomic E-state index is 0.699. The van der Waals surface area contributed by atoms with Crippen LogP contribution in [0.1, 0.15) is 16.7 Å². The Morgan fingerprint density at radius 2 is 1.95 bits per heavy atom. The van der Waals surface area contributed by atoms with Crippen LogP contribution in [-0.2, 0) is 11.3 Å². The van der Waals surface area contributed by atoms with Crippen LogP contribution in [0.3, 0.4) is 0 Å². The Balaban J connectivity index is 2.14. The van der Waals surface area contributed by atoms with Gasteiger partial charge < -0.3 is 14.6 Å². The number of aromatic nitrogens is 1. The molecule has 2 aromatic rings. The van der Waals surface area contributed by atoms with Gasteiger partial charge in [-0.15, -0.1) is 0 Å². The number of hydrogen-bond acceptors (Lipinski definition) is 4. The van der Waals surface area contributed by atoms with Gasteiger partial charge in [0.25, 0.3) is 0 Å². The van der Waals surface area contributed by atoms with E-state index in [0.29, 0.717) is 6.61 Å². The van der Waals surface area contributed by atoms with Gasteiger partial charge in [-0.25, -0.2) is 0 Å². The monoisotopic (exact) mass is 260 g/mol. The third kappa shape index (κ3) is 3.66. The van der Waals surface area contributed by atoms with Crippen LogP contribution in [0.4, 0.5) is 0 Å². The van der Waals surface area contributed by atoms with Crippen LogP contribution in [0.5, 0.6) is 0 Å². The third-order valence-corrected chi connectivity index (χ3v) is 2.93. The van der Waals surface area contributed by atoms with Crippen LogP contribution in [0.15, 0.2) is 28.9 Å². The lowest BCUT2D eigenvalue weighted by atomic mass is 10.0. The predicted octanol–water partition coefficient (Wildman–Crippen LogP) is 2.69. The first-order chi connectivity index (χ1) is 9.20. The average Bonchev–Trinajstić information content (AvgIpc) is 2.82. The fraction of sp³-hybridized carbons (Fsp3) is 0.400. The van der Waals surface area contributed by atoms with E-state index in [0.717, 1.165) is 30.0 Å². The molecule has 1 N–H and O–H groups in total. The van der Waals surface area contributed by atoms with Crippen molar-refractivity contribution in [2.24, 2.45) is 0 Å². The van der Waals surface area contributed by atoms with Crippen molar-refractivity contribution < 1.29 is 9.26 Å². The summed E-state index contributed by atoms with van der Waals surface area (Å²) in [5.41, 5.74) is 4.61. The summed E-state index contributed by atoms with van der Waals surface area (Å²) in [6.07, 6.45) is 1.77. The SMILES string of the molecule is COCCNCc1cnoc1-c1cc(C)cc(C)c1. The lowest BCUT2D eigenvalue weighted by molar-refractivity contribution is 0.199. The molecule has 0 amide bonds.